The molecular weight excluding hydrogens is 270 g/mol. The van der Waals surface area contributed by atoms with Crippen LogP contribution in [0.3, 0.4) is 0 Å². The molecule has 2 N–H and O–H groups in total. The first-order chi connectivity index (χ1) is 9.85. The van der Waals surface area contributed by atoms with Crippen molar-refractivity contribution in [3.05, 3.63) is 17.7 Å². The lowest BCUT2D eigenvalue weighted by Crippen LogP contribution is -2.23. The van der Waals surface area contributed by atoms with Crippen molar-refractivity contribution < 1.29 is 18.9 Å². The summed E-state index contributed by atoms with van der Waals surface area (Å²) in [5.74, 6) is 2.26. The molecule has 0 bridgehead atoms. The Morgan fingerprint density at radius 3 is 2.48 bits per heavy atom. The zero-order valence-electron chi connectivity index (χ0n) is 13.3. The van der Waals surface area contributed by atoms with Gasteiger partial charge in [-0.15, -0.1) is 0 Å². The molecule has 1 heterocycles. The Bertz CT molecular complexity index is 480. The first kappa shape index (κ1) is 15.9. The average molecular weight is 295 g/mol. The second-order valence-corrected chi connectivity index (χ2v) is 6.30. The zero-order valence-corrected chi connectivity index (χ0v) is 13.3. The summed E-state index contributed by atoms with van der Waals surface area (Å²) in [5, 5.41) is 0. The Morgan fingerprint density at radius 2 is 1.86 bits per heavy atom. The minimum absolute atomic E-state index is 0.0542. The number of benzene rings is 1. The molecule has 5 nitrogen and oxygen atoms in total. The molecule has 1 aromatic carbocycles. The Morgan fingerprint density at radius 1 is 1.19 bits per heavy atom. The topological polar surface area (TPSA) is 62.9 Å². The molecule has 0 fully saturated rings. The zero-order chi connectivity index (χ0) is 15.5. The van der Waals surface area contributed by atoms with E-state index in [1.165, 1.54) is 0 Å². The third kappa shape index (κ3) is 4.79. The van der Waals surface area contributed by atoms with Gasteiger partial charge in [0.25, 0.3) is 0 Å². The monoisotopic (exact) mass is 295 g/mol. The molecule has 0 saturated heterocycles. The third-order valence-electron chi connectivity index (χ3n) is 2.97. The van der Waals surface area contributed by atoms with Gasteiger partial charge in [-0.1, -0.05) is 0 Å². The molecule has 0 radical (unpaired) electrons. The van der Waals surface area contributed by atoms with E-state index in [1.807, 2.05) is 39.8 Å². The highest BCUT2D eigenvalue weighted by atomic mass is 16.7. The van der Waals surface area contributed by atoms with Crippen LogP contribution in [0, 0.1) is 0 Å². The quantitative estimate of drug-likeness (QED) is 0.817. The lowest BCUT2D eigenvalue weighted by Gasteiger charge is -2.20. The van der Waals surface area contributed by atoms with Crippen molar-refractivity contribution in [1.29, 1.82) is 0 Å². The normalized spacial score (nSPS) is 15.1. The van der Waals surface area contributed by atoms with Gasteiger partial charge < -0.3 is 24.7 Å². The number of hydrogen-bond donors (Lipinski definition) is 1. The molecule has 0 spiro atoms. The van der Waals surface area contributed by atoms with E-state index in [0.29, 0.717) is 13.2 Å². The highest BCUT2D eigenvalue weighted by Crippen LogP contribution is 2.38. The van der Waals surface area contributed by atoms with Gasteiger partial charge in [-0.3, -0.25) is 0 Å². The molecule has 1 atom stereocenters. The van der Waals surface area contributed by atoms with Crippen LogP contribution in [0.1, 0.15) is 33.3 Å². The average Bonchev–Trinajstić information content (AvgIpc) is 2.79. The van der Waals surface area contributed by atoms with Gasteiger partial charge in [0, 0.05) is 12.1 Å². The molecular formula is C16H25NO4. The summed E-state index contributed by atoms with van der Waals surface area (Å²) in [4.78, 5) is 0. The lowest BCUT2D eigenvalue weighted by atomic mass is 10.1. The van der Waals surface area contributed by atoms with Crippen LogP contribution in [0.15, 0.2) is 12.1 Å². The van der Waals surface area contributed by atoms with Crippen LogP contribution in [0.5, 0.6) is 17.2 Å². The fraction of sp³-hybridized carbons (Fsp3) is 0.625. The van der Waals surface area contributed by atoms with Crippen molar-refractivity contribution in [3.63, 3.8) is 0 Å². The summed E-state index contributed by atoms with van der Waals surface area (Å²) in [6, 6.07) is 3.88. The van der Waals surface area contributed by atoms with Crippen molar-refractivity contribution in [2.24, 2.45) is 5.73 Å². The van der Waals surface area contributed by atoms with Gasteiger partial charge in [-0.25, -0.2) is 0 Å². The number of nitrogens with two attached hydrogens (primary N) is 1. The lowest BCUT2D eigenvalue weighted by molar-refractivity contribution is -0.0164. The summed E-state index contributed by atoms with van der Waals surface area (Å²) in [6.45, 7) is 9.32. The molecule has 21 heavy (non-hydrogen) atoms. The van der Waals surface area contributed by atoms with Crippen LogP contribution in [0.4, 0.5) is 0 Å². The molecule has 0 aromatic heterocycles. The minimum atomic E-state index is -0.160. The van der Waals surface area contributed by atoms with Crippen LogP contribution in [-0.4, -0.2) is 31.6 Å². The van der Waals surface area contributed by atoms with Crippen molar-refractivity contribution in [2.75, 3.05) is 20.0 Å². The molecule has 0 aliphatic carbocycles. The van der Waals surface area contributed by atoms with Crippen LogP contribution in [0.2, 0.25) is 0 Å². The largest absolute Gasteiger partial charge is 0.491 e. The number of rotatable bonds is 6. The first-order valence-electron chi connectivity index (χ1n) is 7.30. The van der Waals surface area contributed by atoms with Gasteiger partial charge in [-0.2, -0.15) is 0 Å². The Kier molecular flexibility index (Phi) is 4.96. The number of fused-ring (bicyclic) bond motifs is 1. The summed E-state index contributed by atoms with van der Waals surface area (Å²) in [5.41, 5.74) is 6.77. The number of hydrogen-bond acceptors (Lipinski definition) is 5. The smallest absolute Gasteiger partial charge is 0.231 e. The molecule has 2 rings (SSSR count). The summed E-state index contributed by atoms with van der Waals surface area (Å²) < 4.78 is 22.3. The van der Waals surface area contributed by atoms with Crippen molar-refractivity contribution in [1.82, 2.24) is 0 Å². The van der Waals surface area contributed by atoms with E-state index >= 15 is 0 Å². The van der Waals surface area contributed by atoms with Crippen molar-refractivity contribution in [3.8, 4) is 17.2 Å². The van der Waals surface area contributed by atoms with Crippen LogP contribution < -0.4 is 19.9 Å². The molecule has 1 aliphatic heterocycles. The second kappa shape index (κ2) is 6.54. The maximum Gasteiger partial charge on any atom is 0.231 e. The molecule has 0 saturated carbocycles. The van der Waals surface area contributed by atoms with Crippen LogP contribution in [-0.2, 0) is 11.2 Å². The van der Waals surface area contributed by atoms with Gasteiger partial charge in [-0.05, 0) is 45.7 Å². The fourth-order valence-electron chi connectivity index (χ4n) is 2.11. The molecule has 1 unspecified atom stereocenters. The fourth-order valence-corrected chi connectivity index (χ4v) is 2.11. The van der Waals surface area contributed by atoms with E-state index in [1.54, 1.807) is 0 Å². The van der Waals surface area contributed by atoms with E-state index in [2.05, 4.69) is 0 Å². The van der Waals surface area contributed by atoms with Gasteiger partial charge in [0.05, 0.1) is 12.2 Å². The highest BCUT2D eigenvalue weighted by molar-refractivity contribution is 5.52. The molecule has 118 valence electrons. The van der Waals surface area contributed by atoms with Gasteiger partial charge in [0.2, 0.25) is 6.79 Å². The minimum Gasteiger partial charge on any atom is -0.491 e. The van der Waals surface area contributed by atoms with Crippen molar-refractivity contribution in [2.45, 2.75) is 45.8 Å². The van der Waals surface area contributed by atoms with Crippen LogP contribution >= 0.6 is 0 Å². The first-order valence-corrected chi connectivity index (χ1v) is 7.30. The Hall–Kier alpha value is -1.46. The predicted molar refractivity (Wildman–Crippen MR) is 81.1 cm³/mol. The molecule has 1 aliphatic rings. The third-order valence-corrected chi connectivity index (χ3v) is 2.97. The van der Waals surface area contributed by atoms with Crippen LogP contribution in [0.25, 0.3) is 0 Å². The highest BCUT2D eigenvalue weighted by Gasteiger charge is 2.19. The predicted octanol–water partition coefficient (Wildman–Crippen LogP) is 2.50. The van der Waals surface area contributed by atoms with E-state index < -0.39 is 0 Å². The Labute approximate surface area is 126 Å². The number of ether oxygens (including phenoxy) is 4. The van der Waals surface area contributed by atoms with Crippen molar-refractivity contribution >= 4 is 0 Å². The Balaban J connectivity index is 2.02. The maximum absolute atomic E-state index is 5.90. The molecule has 5 heteroatoms. The van der Waals surface area contributed by atoms with E-state index in [0.717, 1.165) is 29.2 Å². The SMILES string of the molecule is CC(N)Cc1cc2c(cc1OCCOC(C)(C)C)OCO2. The summed E-state index contributed by atoms with van der Waals surface area (Å²) in [7, 11) is 0. The van der Waals surface area contributed by atoms with E-state index in [9.17, 15) is 0 Å². The summed E-state index contributed by atoms with van der Waals surface area (Å²) in [6.07, 6.45) is 0.728. The standard InChI is InChI=1S/C16H25NO4/c1-11(17)7-12-8-14-15(20-10-19-14)9-13(12)18-5-6-21-16(2,3)4/h8-9,11H,5-7,10,17H2,1-4H3. The molecule has 1 aromatic rings. The van der Waals surface area contributed by atoms with E-state index in [-0.39, 0.29) is 18.4 Å². The second-order valence-electron chi connectivity index (χ2n) is 6.30. The van der Waals surface area contributed by atoms with Gasteiger partial charge in [0.15, 0.2) is 11.5 Å². The maximum atomic E-state index is 5.90. The summed E-state index contributed by atoms with van der Waals surface area (Å²) >= 11 is 0. The molecule has 0 amide bonds. The van der Waals surface area contributed by atoms with Gasteiger partial charge >= 0.3 is 0 Å². The van der Waals surface area contributed by atoms with Gasteiger partial charge in [0.1, 0.15) is 12.4 Å². The van der Waals surface area contributed by atoms with E-state index in [4.69, 9.17) is 24.7 Å².